The summed E-state index contributed by atoms with van der Waals surface area (Å²) < 4.78 is 12.0. The highest BCUT2D eigenvalue weighted by Crippen LogP contribution is 2.34. The molecule has 0 aliphatic carbocycles. The molecule has 0 spiro atoms. The van der Waals surface area contributed by atoms with Gasteiger partial charge in [0.2, 0.25) is 11.2 Å². The van der Waals surface area contributed by atoms with E-state index in [-0.39, 0.29) is 23.8 Å². The number of aromatic nitrogens is 1. The van der Waals surface area contributed by atoms with Crippen LogP contribution in [0.25, 0.3) is 10.9 Å². The van der Waals surface area contributed by atoms with E-state index in [1.807, 2.05) is 30.3 Å². The summed E-state index contributed by atoms with van der Waals surface area (Å²) in [6, 6.07) is 32.8. The van der Waals surface area contributed by atoms with Crippen molar-refractivity contribution in [1.29, 1.82) is 0 Å². The van der Waals surface area contributed by atoms with Crippen LogP contribution in [0.2, 0.25) is 0 Å². The number of likely N-dealkylation sites (tertiary alicyclic amines) is 1. The number of benzene rings is 4. The van der Waals surface area contributed by atoms with Crippen LogP contribution in [0.3, 0.4) is 0 Å². The molecule has 1 aliphatic heterocycles. The molecule has 4 aromatic carbocycles. The fourth-order valence-electron chi connectivity index (χ4n) is 7.49. The zero-order valence-electron chi connectivity index (χ0n) is 32.1. The number of phenols is 1. The van der Waals surface area contributed by atoms with Crippen molar-refractivity contribution in [2.75, 3.05) is 39.4 Å². The highest BCUT2D eigenvalue weighted by atomic mass is 16.5. The lowest BCUT2D eigenvalue weighted by Crippen LogP contribution is -2.40. The second-order valence-corrected chi connectivity index (χ2v) is 14.9. The van der Waals surface area contributed by atoms with Gasteiger partial charge in [-0.25, -0.2) is 4.79 Å². The van der Waals surface area contributed by atoms with Crippen LogP contribution in [0.1, 0.15) is 79.7 Å². The first-order valence-corrected chi connectivity index (χ1v) is 20.0. The zero-order valence-corrected chi connectivity index (χ0v) is 32.1. The Morgan fingerprint density at radius 3 is 2.30 bits per heavy atom. The molecule has 56 heavy (non-hydrogen) atoms. The quantitative estimate of drug-likeness (QED) is 0.0420. The lowest BCUT2D eigenvalue weighted by atomic mass is 9.86. The summed E-state index contributed by atoms with van der Waals surface area (Å²) in [4.78, 5) is 30.5. The molecule has 296 valence electrons. The minimum absolute atomic E-state index is 0.0230. The lowest BCUT2D eigenvalue weighted by molar-refractivity contribution is -0.164. The maximum absolute atomic E-state index is 13.8. The standard InChI is InChI=1S/C46H55N3O7/c50-41-22-20-39(40-21-23-43(52)48-44(40)41)42(51)31-47-26-11-3-1-2-4-12-29-55-38-19-13-18-37(30-38)46(54,36-16-9-6-10-17-36)45(53)56-33-35-24-27-49(28-25-35)32-34-14-7-5-8-15-34/h5-10,13-23,30,35,42,47,50-51,54H,1-4,11-12,24-29,31-33H2,(H,48,52)/t42-,46+/m1/s1. The Labute approximate surface area is 329 Å². The van der Waals surface area contributed by atoms with Crippen molar-refractivity contribution in [2.45, 2.75) is 69.6 Å². The molecule has 2 atom stereocenters. The van der Waals surface area contributed by atoms with Gasteiger partial charge in [0.05, 0.1) is 24.8 Å². The molecular formula is C46H55N3O7. The summed E-state index contributed by atoms with van der Waals surface area (Å²) in [5, 5.41) is 36.9. The van der Waals surface area contributed by atoms with Gasteiger partial charge in [0, 0.05) is 30.1 Å². The fourth-order valence-corrected chi connectivity index (χ4v) is 7.49. The number of pyridine rings is 1. The minimum Gasteiger partial charge on any atom is -0.506 e. The molecule has 10 heteroatoms. The number of esters is 1. The number of carbonyl (C=O) groups is 1. The Morgan fingerprint density at radius 1 is 0.839 bits per heavy atom. The Bertz CT molecular complexity index is 2030. The number of nitrogens with zero attached hydrogens (tertiary/aromatic N) is 1. The number of H-pyrrole nitrogens is 1. The van der Waals surface area contributed by atoms with E-state index < -0.39 is 17.7 Å². The summed E-state index contributed by atoms with van der Waals surface area (Å²) in [5.74, 6) is 0.136. The molecule has 0 unspecified atom stereocenters. The van der Waals surface area contributed by atoms with E-state index in [1.165, 1.54) is 17.7 Å². The Kier molecular flexibility index (Phi) is 14.7. The highest BCUT2D eigenvalue weighted by molar-refractivity contribution is 5.87. The molecule has 1 aromatic heterocycles. The van der Waals surface area contributed by atoms with Crippen LogP contribution in [0.15, 0.2) is 114 Å². The number of phenolic OH excluding ortho intramolecular Hbond substituents is 1. The van der Waals surface area contributed by atoms with Crippen LogP contribution < -0.4 is 15.6 Å². The average molecular weight is 762 g/mol. The maximum Gasteiger partial charge on any atom is 0.347 e. The smallest absolute Gasteiger partial charge is 0.347 e. The van der Waals surface area contributed by atoms with Gasteiger partial charge in [0.15, 0.2) is 0 Å². The van der Waals surface area contributed by atoms with Gasteiger partial charge in [-0.1, -0.05) is 105 Å². The first-order valence-electron chi connectivity index (χ1n) is 20.0. The summed E-state index contributed by atoms with van der Waals surface area (Å²) in [6.45, 7) is 4.75. The molecule has 1 fully saturated rings. The van der Waals surface area contributed by atoms with Crippen molar-refractivity contribution in [3.05, 3.63) is 142 Å². The van der Waals surface area contributed by atoms with Crippen molar-refractivity contribution in [2.24, 2.45) is 5.92 Å². The fraction of sp³-hybridized carbons (Fsp3) is 0.391. The van der Waals surface area contributed by atoms with Crippen molar-refractivity contribution >= 4 is 16.9 Å². The van der Waals surface area contributed by atoms with Crippen LogP contribution in [-0.2, 0) is 21.7 Å². The van der Waals surface area contributed by atoms with Crippen LogP contribution in [0.4, 0.5) is 0 Å². The Hall–Kier alpha value is -5.00. The number of hydrogen-bond acceptors (Lipinski definition) is 9. The second-order valence-electron chi connectivity index (χ2n) is 14.9. The van der Waals surface area contributed by atoms with Gasteiger partial charge in [0.1, 0.15) is 11.5 Å². The number of aromatic amines is 1. The number of ether oxygens (including phenoxy) is 2. The molecule has 10 nitrogen and oxygen atoms in total. The molecule has 2 heterocycles. The lowest BCUT2D eigenvalue weighted by Gasteiger charge is -2.33. The molecule has 1 aliphatic rings. The number of piperidine rings is 1. The van der Waals surface area contributed by atoms with Gasteiger partial charge < -0.3 is 35.1 Å². The van der Waals surface area contributed by atoms with Gasteiger partial charge in [-0.05, 0) is 92.2 Å². The second kappa shape index (κ2) is 20.2. The topological polar surface area (TPSA) is 144 Å². The van der Waals surface area contributed by atoms with E-state index in [1.54, 1.807) is 42.5 Å². The van der Waals surface area contributed by atoms with E-state index in [2.05, 4.69) is 39.5 Å². The van der Waals surface area contributed by atoms with Gasteiger partial charge in [0.25, 0.3) is 0 Å². The van der Waals surface area contributed by atoms with Crippen LogP contribution in [0.5, 0.6) is 11.5 Å². The largest absolute Gasteiger partial charge is 0.506 e. The third kappa shape index (κ3) is 10.9. The molecule has 6 rings (SSSR count). The van der Waals surface area contributed by atoms with Crippen LogP contribution in [0, 0.1) is 5.92 Å². The summed E-state index contributed by atoms with van der Waals surface area (Å²) in [6.07, 6.45) is 7.23. The van der Waals surface area contributed by atoms with E-state index in [4.69, 9.17) is 9.47 Å². The van der Waals surface area contributed by atoms with Gasteiger partial charge in [-0.3, -0.25) is 9.69 Å². The number of hydrogen-bond donors (Lipinski definition) is 5. The predicted octanol–water partition coefficient (Wildman–Crippen LogP) is 6.97. The Morgan fingerprint density at radius 2 is 1.54 bits per heavy atom. The molecule has 0 bridgehead atoms. The summed E-state index contributed by atoms with van der Waals surface area (Å²) in [5.41, 5.74) is 0.879. The number of aromatic hydroxyl groups is 1. The van der Waals surface area contributed by atoms with E-state index >= 15 is 0 Å². The molecule has 0 radical (unpaired) electrons. The average Bonchev–Trinajstić information content (AvgIpc) is 3.23. The number of unbranched alkanes of at least 4 members (excludes halogenated alkanes) is 5. The zero-order chi connectivity index (χ0) is 39.2. The highest BCUT2D eigenvalue weighted by Gasteiger charge is 2.42. The Balaban J connectivity index is 0.897. The molecule has 5 N–H and O–H groups in total. The third-order valence-electron chi connectivity index (χ3n) is 10.8. The monoisotopic (exact) mass is 761 g/mol. The van der Waals surface area contributed by atoms with Crippen molar-refractivity contribution in [3.63, 3.8) is 0 Å². The maximum atomic E-state index is 13.8. The van der Waals surface area contributed by atoms with Crippen molar-refractivity contribution < 1.29 is 29.6 Å². The number of aliphatic hydroxyl groups excluding tert-OH is 1. The number of aliphatic hydroxyl groups is 2. The van der Waals surface area contributed by atoms with E-state index in [0.717, 1.165) is 77.5 Å². The number of rotatable bonds is 20. The number of fused-ring (bicyclic) bond motifs is 1. The van der Waals surface area contributed by atoms with Gasteiger partial charge in [-0.15, -0.1) is 0 Å². The minimum atomic E-state index is -1.97. The molecular weight excluding hydrogens is 707 g/mol. The first kappa shape index (κ1) is 40.7. The summed E-state index contributed by atoms with van der Waals surface area (Å²) >= 11 is 0. The molecule has 0 saturated carbocycles. The first-order chi connectivity index (χ1) is 27.3. The van der Waals surface area contributed by atoms with Gasteiger partial charge in [-0.2, -0.15) is 0 Å². The summed E-state index contributed by atoms with van der Waals surface area (Å²) in [7, 11) is 0. The molecule has 0 amide bonds. The molecule has 1 saturated heterocycles. The third-order valence-corrected chi connectivity index (χ3v) is 10.8. The van der Waals surface area contributed by atoms with Gasteiger partial charge >= 0.3 is 5.97 Å². The number of carbonyl (C=O) groups excluding carboxylic acids is 1. The van der Waals surface area contributed by atoms with E-state index in [0.29, 0.717) is 46.5 Å². The normalized spacial score (nSPS) is 15.3. The van der Waals surface area contributed by atoms with Crippen molar-refractivity contribution in [1.82, 2.24) is 15.2 Å². The molecule has 5 aromatic rings. The van der Waals surface area contributed by atoms with Crippen LogP contribution >= 0.6 is 0 Å². The van der Waals surface area contributed by atoms with Crippen molar-refractivity contribution in [3.8, 4) is 11.5 Å². The van der Waals surface area contributed by atoms with E-state index in [9.17, 15) is 24.9 Å². The SMILES string of the molecule is O=C(OCC1CCN(Cc2ccccc2)CC1)[C@](O)(c1ccccc1)c1cccc(OCCCCCCCCNC[C@@H](O)c2ccc(O)c3[nH]c(=O)ccc23)c1. The predicted molar refractivity (Wildman–Crippen MR) is 219 cm³/mol. The number of nitrogens with one attached hydrogen (secondary N) is 2. The van der Waals surface area contributed by atoms with Crippen LogP contribution in [-0.4, -0.2) is 70.6 Å².